The molecular weight excluding hydrogens is 214 g/mol. The van der Waals surface area contributed by atoms with Crippen molar-refractivity contribution in [2.45, 2.75) is 19.6 Å². The fraction of sp³-hybridized carbons (Fsp3) is 0.375. The van der Waals surface area contributed by atoms with Crippen LogP contribution < -0.4 is 5.73 Å². The minimum Gasteiger partial charge on any atom is -0.390 e. The molecule has 0 amide bonds. The maximum Gasteiger partial charge on any atom is 0.265 e. The molecule has 0 aliphatic carbocycles. The number of alkyl halides is 2. The van der Waals surface area contributed by atoms with E-state index in [1.54, 1.807) is 0 Å². The van der Waals surface area contributed by atoms with Crippen LogP contribution in [0.2, 0.25) is 5.15 Å². The summed E-state index contributed by atoms with van der Waals surface area (Å²) in [6.07, 6.45) is -2.69. The molecule has 0 fully saturated rings. The maximum absolute atomic E-state index is 12.4. The number of hydrogen-bond donors (Lipinski definition) is 2. The van der Waals surface area contributed by atoms with E-state index in [9.17, 15) is 8.78 Å². The number of aliphatic hydroxyl groups is 1. The van der Waals surface area contributed by atoms with Crippen LogP contribution in [0.3, 0.4) is 0 Å². The van der Waals surface area contributed by atoms with E-state index >= 15 is 0 Å². The number of hydrogen-bond acceptors (Lipinski definition) is 3. The lowest BCUT2D eigenvalue weighted by atomic mass is 10.1. The van der Waals surface area contributed by atoms with Crippen molar-refractivity contribution < 1.29 is 13.9 Å². The summed E-state index contributed by atoms with van der Waals surface area (Å²) in [5.41, 5.74) is 5.19. The lowest BCUT2D eigenvalue weighted by molar-refractivity contribution is 0.146. The summed E-state index contributed by atoms with van der Waals surface area (Å²) in [7, 11) is 0. The fourth-order valence-electron chi connectivity index (χ4n) is 1.04. The normalized spacial score (nSPS) is 11.0. The van der Waals surface area contributed by atoms with Gasteiger partial charge in [-0.25, -0.2) is 13.8 Å². The topological polar surface area (TPSA) is 59.1 Å². The molecule has 3 nitrogen and oxygen atoms in total. The van der Waals surface area contributed by atoms with E-state index in [2.05, 4.69) is 4.98 Å². The molecule has 1 aromatic rings. The van der Waals surface area contributed by atoms with Gasteiger partial charge >= 0.3 is 0 Å². The van der Waals surface area contributed by atoms with Crippen molar-refractivity contribution in [2.24, 2.45) is 5.73 Å². The average molecular weight is 223 g/mol. The summed E-state index contributed by atoms with van der Waals surface area (Å²) in [5.74, 6) is 0. The van der Waals surface area contributed by atoms with Crippen LogP contribution in [0.25, 0.3) is 0 Å². The highest BCUT2D eigenvalue weighted by molar-refractivity contribution is 6.30. The first-order valence-electron chi connectivity index (χ1n) is 3.87. The molecule has 1 rings (SSSR count). The van der Waals surface area contributed by atoms with Gasteiger partial charge in [-0.2, -0.15) is 0 Å². The Balaban J connectivity index is 3.25. The van der Waals surface area contributed by atoms with Gasteiger partial charge in [0.1, 0.15) is 5.15 Å². The zero-order chi connectivity index (χ0) is 10.7. The third kappa shape index (κ3) is 2.17. The molecule has 0 radical (unpaired) electrons. The SMILES string of the molecule is NCc1cc(C(F)F)c(CO)nc1Cl. The summed E-state index contributed by atoms with van der Waals surface area (Å²) in [6.45, 7) is -0.526. The Bertz CT molecular complexity index is 333. The highest BCUT2D eigenvalue weighted by Crippen LogP contribution is 2.26. The molecule has 14 heavy (non-hydrogen) atoms. The number of halogens is 3. The van der Waals surface area contributed by atoms with Gasteiger partial charge in [0.25, 0.3) is 6.43 Å². The quantitative estimate of drug-likeness (QED) is 0.765. The van der Waals surface area contributed by atoms with Gasteiger partial charge in [0.15, 0.2) is 0 Å². The number of aromatic nitrogens is 1. The van der Waals surface area contributed by atoms with E-state index in [0.717, 1.165) is 0 Å². The van der Waals surface area contributed by atoms with Crippen molar-refractivity contribution in [1.29, 1.82) is 0 Å². The van der Waals surface area contributed by atoms with Crippen LogP contribution in [0, 0.1) is 0 Å². The number of nitrogens with two attached hydrogens (primary N) is 1. The Kier molecular flexibility index (Phi) is 3.74. The van der Waals surface area contributed by atoms with Crippen molar-refractivity contribution in [3.05, 3.63) is 28.0 Å². The van der Waals surface area contributed by atoms with E-state index < -0.39 is 13.0 Å². The number of pyridine rings is 1. The Morgan fingerprint density at radius 3 is 2.64 bits per heavy atom. The maximum atomic E-state index is 12.4. The largest absolute Gasteiger partial charge is 0.390 e. The summed E-state index contributed by atoms with van der Waals surface area (Å²) in [5, 5.41) is 8.83. The van der Waals surface area contributed by atoms with Gasteiger partial charge in [-0.15, -0.1) is 0 Å². The molecular formula is C8H9ClF2N2O. The molecule has 0 saturated carbocycles. The third-order valence-electron chi connectivity index (χ3n) is 1.77. The van der Waals surface area contributed by atoms with Crippen molar-refractivity contribution in [3.63, 3.8) is 0 Å². The van der Waals surface area contributed by atoms with Gasteiger partial charge in [0, 0.05) is 17.7 Å². The van der Waals surface area contributed by atoms with E-state index in [1.165, 1.54) is 6.07 Å². The van der Waals surface area contributed by atoms with Gasteiger partial charge < -0.3 is 10.8 Å². The van der Waals surface area contributed by atoms with Crippen molar-refractivity contribution >= 4 is 11.6 Å². The molecule has 3 N–H and O–H groups in total. The summed E-state index contributed by atoms with van der Waals surface area (Å²) >= 11 is 5.64. The summed E-state index contributed by atoms with van der Waals surface area (Å²) in [4.78, 5) is 3.64. The number of rotatable bonds is 3. The van der Waals surface area contributed by atoms with Gasteiger partial charge in [0.2, 0.25) is 0 Å². The van der Waals surface area contributed by atoms with Crippen LogP contribution in [0.15, 0.2) is 6.07 Å². The molecule has 6 heteroatoms. The summed E-state index contributed by atoms with van der Waals surface area (Å²) < 4.78 is 24.9. The molecule has 0 saturated heterocycles. The third-order valence-corrected chi connectivity index (χ3v) is 2.09. The summed E-state index contributed by atoms with van der Waals surface area (Å²) in [6, 6.07) is 1.17. The van der Waals surface area contributed by atoms with E-state index in [1.807, 2.05) is 0 Å². The fourth-order valence-corrected chi connectivity index (χ4v) is 1.28. The van der Waals surface area contributed by atoms with E-state index in [4.69, 9.17) is 22.4 Å². The second-order valence-corrected chi connectivity index (χ2v) is 3.00. The molecule has 1 heterocycles. The Morgan fingerprint density at radius 1 is 1.57 bits per heavy atom. The molecule has 0 spiro atoms. The Labute approximate surface area is 84.5 Å². The van der Waals surface area contributed by atoms with Crippen LogP contribution in [-0.2, 0) is 13.2 Å². The van der Waals surface area contributed by atoms with Gasteiger partial charge in [-0.3, -0.25) is 0 Å². The number of nitrogens with zero attached hydrogens (tertiary/aromatic N) is 1. The predicted octanol–water partition coefficient (Wildman–Crippen LogP) is 1.62. The van der Waals surface area contributed by atoms with E-state index in [0.29, 0.717) is 5.56 Å². The van der Waals surface area contributed by atoms with Gasteiger partial charge in [-0.05, 0) is 6.07 Å². The molecule has 78 valence electrons. The highest BCUT2D eigenvalue weighted by Gasteiger charge is 2.16. The monoisotopic (exact) mass is 222 g/mol. The first-order valence-corrected chi connectivity index (χ1v) is 4.25. The van der Waals surface area contributed by atoms with Gasteiger partial charge in [0.05, 0.1) is 12.3 Å². The van der Waals surface area contributed by atoms with E-state index in [-0.39, 0.29) is 23.0 Å². The van der Waals surface area contributed by atoms with Crippen LogP contribution in [0.1, 0.15) is 23.2 Å². The zero-order valence-electron chi connectivity index (χ0n) is 7.17. The lowest BCUT2D eigenvalue weighted by Gasteiger charge is -2.09. The molecule has 0 bridgehead atoms. The Hall–Kier alpha value is -0.780. The first-order chi connectivity index (χ1) is 6.60. The minimum atomic E-state index is -2.69. The average Bonchev–Trinajstić information content (AvgIpc) is 2.16. The number of aliphatic hydroxyl groups excluding tert-OH is 1. The second-order valence-electron chi connectivity index (χ2n) is 2.64. The van der Waals surface area contributed by atoms with Crippen LogP contribution in [-0.4, -0.2) is 10.1 Å². The van der Waals surface area contributed by atoms with Crippen molar-refractivity contribution in [3.8, 4) is 0 Å². The molecule has 0 atom stereocenters. The lowest BCUT2D eigenvalue weighted by Crippen LogP contribution is -2.05. The molecule has 0 unspecified atom stereocenters. The standard InChI is InChI=1S/C8H9ClF2N2O/c9-7-4(2-12)1-5(8(10)11)6(3-14)13-7/h1,8,14H,2-3,12H2. The van der Waals surface area contributed by atoms with Crippen LogP contribution in [0.5, 0.6) is 0 Å². The second kappa shape index (κ2) is 4.63. The molecule has 0 aliphatic rings. The van der Waals surface area contributed by atoms with Crippen molar-refractivity contribution in [1.82, 2.24) is 4.98 Å². The predicted molar refractivity (Wildman–Crippen MR) is 48.0 cm³/mol. The molecule has 1 aromatic heterocycles. The molecule has 0 aliphatic heterocycles. The molecule has 0 aromatic carbocycles. The van der Waals surface area contributed by atoms with Gasteiger partial charge in [-0.1, -0.05) is 11.6 Å². The van der Waals surface area contributed by atoms with Crippen LogP contribution >= 0.6 is 11.6 Å². The zero-order valence-corrected chi connectivity index (χ0v) is 7.93. The minimum absolute atomic E-state index is 0.0390. The first kappa shape index (κ1) is 11.3. The highest BCUT2D eigenvalue weighted by atomic mass is 35.5. The van der Waals surface area contributed by atoms with Crippen LogP contribution in [0.4, 0.5) is 8.78 Å². The smallest absolute Gasteiger partial charge is 0.265 e. The van der Waals surface area contributed by atoms with Crippen molar-refractivity contribution in [2.75, 3.05) is 0 Å². The Morgan fingerprint density at radius 2 is 2.21 bits per heavy atom.